The minimum atomic E-state index is -1.17. The number of pyridine rings is 1. The van der Waals surface area contributed by atoms with E-state index < -0.39 is 11.9 Å². The lowest BCUT2D eigenvalue weighted by Crippen LogP contribution is -2.21. The number of nitrogens with one attached hydrogen (secondary N) is 1. The van der Waals surface area contributed by atoms with E-state index >= 15 is 0 Å². The van der Waals surface area contributed by atoms with E-state index in [1.54, 1.807) is 13.0 Å². The van der Waals surface area contributed by atoms with E-state index in [0.717, 1.165) is 0 Å². The van der Waals surface area contributed by atoms with E-state index in [4.69, 9.17) is 5.11 Å². The molecule has 6 nitrogen and oxygen atoms in total. The van der Waals surface area contributed by atoms with Gasteiger partial charge in [-0.2, -0.15) is 5.10 Å². The molecular formula is C10H11N3O3. The number of carboxylic acid groups (broad SMARTS) is 1. The summed E-state index contributed by atoms with van der Waals surface area (Å²) in [4.78, 5) is 25.8. The van der Waals surface area contributed by atoms with Crippen LogP contribution in [0.2, 0.25) is 0 Å². The first kappa shape index (κ1) is 11.8. The van der Waals surface area contributed by atoms with E-state index in [0.29, 0.717) is 11.3 Å². The van der Waals surface area contributed by atoms with Gasteiger partial charge in [0.1, 0.15) is 5.71 Å². The summed E-state index contributed by atoms with van der Waals surface area (Å²) >= 11 is 0. The largest absolute Gasteiger partial charge is 0.477 e. The minimum absolute atomic E-state index is 0.181. The van der Waals surface area contributed by atoms with Crippen LogP contribution in [0, 0.1) is 6.92 Å². The molecule has 0 atom stereocenters. The van der Waals surface area contributed by atoms with Gasteiger partial charge in [0.15, 0.2) is 0 Å². The third-order valence-corrected chi connectivity index (χ3v) is 1.79. The number of amides is 1. The first-order chi connectivity index (χ1) is 7.50. The molecule has 0 aliphatic heterocycles. The predicted molar refractivity (Wildman–Crippen MR) is 57.2 cm³/mol. The standard InChI is InChI=1S/C10H11N3O3/c1-6-5-8(3-4-11-6)9(14)13-12-7(2)10(15)16/h3-5H,1-2H3,(H,13,14)(H,15,16)/b12-7+. The number of aryl methyl sites for hydroxylation is 1. The summed E-state index contributed by atoms with van der Waals surface area (Å²) < 4.78 is 0. The van der Waals surface area contributed by atoms with E-state index in [2.05, 4.69) is 15.5 Å². The lowest BCUT2D eigenvalue weighted by atomic mass is 10.2. The number of aliphatic carboxylic acids is 1. The number of aromatic nitrogens is 1. The van der Waals surface area contributed by atoms with Crippen LogP contribution < -0.4 is 5.43 Å². The molecule has 84 valence electrons. The topological polar surface area (TPSA) is 91.7 Å². The average Bonchev–Trinajstić information content (AvgIpc) is 2.25. The van der Waals surface area contributed by atoms with Crippen LogP contribution >= 0.6 is 0 Å². The quantitative estimate of drug-likeness (QED) is 0.577. The normalized spacial score (nSPS) is 11.0. The molecule has 0 unspecified atom stereocenters. The van der Waals surface area contributed by atoms with Gasteiger partial charge in [-0.1, -0.05) is 0 Å². The van der Waals surface area contributed by atoms with Gasteiger partial charge >= 0.3 is 5.97 Å². The molecule has 0 spiro atoms. The molecule has 1 amide bonds. The SMILES string of the molecule is C/C(=N\NC(=O)c1ccnc(C)c1)C(=O)O. The molecule has 1 aromatic rings. The molecular weight excluding hydrogens is 210 g/mol. The molecule has 0 saturated carbocycles. The Hall–Kier alpha value is -2.24. The highest BCUT2D eigenvalue weighted by atomic mass is 16.4. The zero-order valence-corrected chi connectivity index (χ0v) is 8.89. The van der Waals surface area contributed by atoms with Crippen molar-refractivity contribution >= 4 is 17.6 Å². The Bertz CT molecular complexity index is 454. The second-order valence-corrected chi connectivity index (χ2v) is 3.13. The maximum atomic E-state index is 11.5. The summed E-state index contributed by atoms with van der Waals surface area (Å²) in [5.74, 6) is -1.64. The summed E-state index contributed by atoms with van der Waals surface area (Å²) in [7, 11) is 0. The highest BCUT2D eigenvalue weighted by molar-refractivity contribution is 6.34. The fourth-order valence-corrected chi connectivity index (χ4v) is 0.934. The van der Waals surface area contributed by atoms with E-state index in [9.17, 15) is 9.59 Å². The second kappa shape index (κ2) is 5.01. The molecule has 0 radical (unpaired) electrons. The number of rotatable bonds is 3. The van der Waals surface area contributed by atoms with Gasteiger partial charge in [0, 0.05) is 17.5 Å². The number of hydrogen-bond donors (Lipinski definition) is 2. The Morgan fingerprint density at radius 1 is 1.50 bits per heavy atom. The van der Waals surface area contributed by atoms with E-state index in [1.807, 2.05) is 0 Å². The van der Waals surface area contributed by atoms with Gasteiger partial charge < -0.3 is 5.11 Å². The highest BCUT2D eigenvalue weighted by Crippen LogP contribution is 2.00. The highest BCUT2D eigenvalue weighted by Gasteiger charge is 2.06. The Balaban J connectivity index is 2.74. The van der Waals surface area contributed by atoms with Crippen LogP contribution in [0.1, 0.15) is 23.0 Å². The predicted octanol–water partition coefficient (Wildman–Crippen LogP) is 0.580. The van der Waals surface area contributed by atoms with Crippen molar-refractivity contribution in [2.24, 2.45) is 5.10 Å². The van der Waals surface area contributed by atoms with Crippen LogP contribution in [0.15, 0.2) is 23.4 Å². The van der Waals surface area contributed by atoms with Gasteiger partial charge in [-0.15, -0.1) is 0 Å². The molecule has 1 rings (SSSR count). The maximum Gasteiger partial charge on any atom is 0.351 e. The van der Waals surface area contributed by atoms with Crippen LogP contribution in [-0.4, -0.2) is 27.7 Å². The van der Waals surface area contributed by atoms with Crippen molar-refractivity contribution in [2.45, 2.75) is 13.8 Å². The summed E-state index contributed by atoms with van der Waals surface area (Å²) in [6, 6.07) is 3.11. The molecule has 2 N–H and O–H groups in total. The van der Waals surface area contributed by atoms with Crippen molar-refractivity contribution in [3.05, 3.63) is 29.6 Å². The number of carbonyl (C=O) groups excluding carboxylic acids is 1. The Morgan fingerprint density at radius 2 is 2.19 bits per heavy atom. The fraction of sp³-hybridized carbons (Fsp3) is 0.200. The second-order valence-electron chi connectivity index (χ2n) is 3.13. The Kier molecular flexibility index (Phi) is 3.71. The number of hydrazone groups is 1. The van der Waals surface area contributed by atoms with Crippen molar-refractivity contribution in [3.8, 4) is 0 Å². The number of carbonyl (C=O) groups is 2. The van der Waals surface area contributed by atoms with Gasteiger partial charge in [-0.3, -0.25) is 9.78 Å². The molecule has 0 aliphatic carbocycles. The van der Waals surface area contributed by atoms with Crippen LogP contribution in [0.4, 0.5) is 0 Å². The lowest BCUT2D eigenvalue weighted by Gasteiger charge is -2.00. The number of hydrogen-bond acceptors (Lipinski definition) is 4. The molecule has 16 heavy (non-hydrogen) atoms. The molecule has 0 saturated heterocycles. The van der Waals surface area contributed by atoms with Crippen LogP contribution in [0.25, 0.3) is 0 Å². The molecule has 6 heteroatoms. The smallest absolute Gasteiger partial charge is 0.351 e. The zero-order chi connectivity index (χ0) is 12.1. The molecule has 1 aromatic heterocycles. The minimum Gasteiger partial charge on any atom is -0.477 e. The molecule has 1 heterocycles. The molecule has 0 bridgehead atoms. The molecule has 0 aliphatic rings. The van der Waals surface area contributed by atoms with E-state index in [1.165, 1.54) is 19.2 Å². The monoisotopic (exact) mass is 221 g/mol. The zero-order valence-electron chi connectivity index (χ0n) is 8.89. The van der Waals surface area contributed by atoms with Crippen molar-refractivity contribution < 1.29 is 14.7 Å². The van der Waals surface area contributed by atoms with Crippen LogP contribution in [0.5, 0.6) is 0 Å². The van der Waals surface area contributed by atoms with Gasteiger partial charge in [-0.25, -0.2) is 10.2 Å². The van der Waals surface area contributed by atoms with Crippen molar-refractivity contribution in [2.75, 3.05) is 0 Å². The Labute approximate surface area is 92.0 Å². The Morgan fingerprint density at radius 3 is 2.75 bits per heavy atom. The molecule has 0 fully saturated rings. The van der Waals surface area contributed by atoms with Crippen LogP contribution in [0.3, 0.4) is 0 Å². The summed E-state index contributed by atoms with van der Waals surface area (Å²) in [5.41, 5.74) is 3.05. The van der Waals surface area contributed by atoms with E-state index in [-0.39, 0.29) is 5.71 Å². The first-order valence-electron chi connectivity index (χ1n) is 4.51. The summed E-state index contributed by atoms with van der Waals surface area (Å²) in [5, 5.41) is 11.9. The summed E-state index contributed by atoms with van der Waals surface area (Å²) in [6.45, 7) is 3.04. The average molecular weight is 221 g/mol. The third-order valence-electron chi connectivity index (χ3n) is 1.79. The molecule has 0 aromatic carbocycles. The first-order valence-corrected chi connectivity index (χ1v) is 4.51. The van der Waals surface area contributed by atoms with Crippen molar-refractivity contribution in [1.82, 2.24) is 10.4 Å². The van der Waals surface area contributed by atoms with Gasteiger partial charge in [0.05, 0.1) is 0 Å². The maximum absolute atomic E-state index is 11.5. The van der Waals surface area contributed by atoms with Gasteiger partial charge in [0.25, 0.3) is 5.91 Å². The summed E-state index contributed by atoms with van der Waals surface area (Å²) in [6.07, 6.45) is 1.50. The van der Waals surface area contributed by atoms with Crippen LogP contribution in [-0.2, 0) is 4.79 Å². The lowest BCUT2D eigenvalue weighted by molar-refractivity contribution is -0.129. The van der Waals surface area contributed by atoms with Crippen molar-refractivity contribution in [3.63, 3.8) is 0 Å². The van der Waals surface area contributed by atoms with Gasteiger partial charge in [-0.05, 0) is 26.0 Å². The fourth-order valence-electron chi connectivity index (χ4n) is 0.934. The number of carboxylic acids is 1. The third kappa shape index (κ3) is 3.16. The van der Waals surface area contributed by atoms with Gasteiger partial charge in [0.2, 0.25) is 0 Å². The van der Waals surface area contributed by atoms with Crippen molar-refractivity contribution in [1.29, 1.82) is 0 Å². The number of nitrogens with zero attached hydrogens (tertiary/aromatic N) is 2.